The Morgan fingerprint density at radius 1 is 0.938 bits per heavy atom. The summed E-state index contributed by atoms with van der Waals surface area (Å²) >= 11 is 0. The molecule has 2 aromatic rings. The first-order chi connectivity index (χ1) is 7.75. The number of aryl methyl sites for hydroxylation is 2. The number of hydrogen-bond acceptors (Lipinski definition) is 1. The molecule has 3 rings (SSSR count). The van der Waals surface area contributed by atoms with Gasteiger partial charge in [0.2, 0.25) is 0 Å². The lowest BCUT2D eigenvalue weighted by molar-refractivity contribution is 0.455. The number of benzene rings is 2. The van der Waals surface area contributed by atoms with Crippen molar-refractivity contribution in [2.24, 2.45) is 0 Å². The highest BCUT2D eigenvalue weighted by atomic mass is 16.5. The molecule has 1 heterocycles. The van der Waals surface area contributed by atoms with Gasteiger partial charge >= 0.3 is 0 Å². The first-order valence-electron chi connectivity index (χ1n) is 5.60. The van der Waals surface area contributed by atoms with Crippen LogP contribution in [-0.4, -0.2) is 0 Å². The van der Waals surface area contributed by atoms with Gasteiger partial charge in [-0.05, 0) is 36.6 Å². The standard InChI is InChI=1S/C15H14O/c1-10-5-4-8-14-13(10)9-12-7-3-6-11(2)15(12)16-14/h3-8H,9H2,1-2H3. The average molecular weight is 210 g/mol. The summed E-state index contributed by atoms with van der Waals surface area (Å²) in [6.07, 6.45) is 0.985. The van der Waals surface area contributed by atoms with E-state index in [1.807, 2.05) is 0 Å². The third-order valence-electron chi connectivity index (χ3n) is 3.24. The Bertz CT molecular complexity index is 504. The van der Waals surface area contributed by atoms with Gasteiger partial charge in [0.15, 0.2) is 0 Å². The zero-order chi connectivity index (χ0) is 11.1. The van der Waals surface area contributed by atoms with Crippen LogP contribution in [0.1, 0.15) is 22.3 Å². The van der Waals surface area contributed by atoms with Crippen molar-refractivity contribution in [2.75, 3.05) is 0 Å². The van der Waals surface area contributed by atoms with Crippen LogP contribution in [0, 0.1) is 13.8 Å². The van der Waals surface area contributed by atoms with Crippen LogP contribution in [0.15, 0.2) is 36.4 Å². The van der Waals surface area contributed by atoms with Crippen molar-refractivity contribution in [3.05, 3.63) is 58.7 Å². The van der Waals surface area contributed by atoms with Crippen LogP contribution in [0.25, 0.3) is 0 Å². The summed E-state index contributed by atoms with van der Waals surface area (Å²) in [6, 6.07) is 12.6. The lowest BCUT2D eigenvalue weighted by Crippen LogP contribution is -2.05. The second-order valence-electron chi connectivity index (χ2n) is 4.39. The molecule has 0 saturated heterocycles. The summed E-state index contributed by atoms with van der Waals surface area (Å²) in [4.78, 5) is 0. The van der Waals surface area contributed by atoms with Gasteiger partial charge in [0.25, 0.3) is 0 Å². The molecule has 0 spiro atoms. The zero-order valence-electron chi connectivity index (χ0n) is 9.58. The molecule has 1 heteroatoms. The Morgan fingerprint density at radius 2 is 1.69 bits per heavy atom. The summed E-state index contributed by atoms with van der Waals surface area (Å²) in [5, 5.41) is 0. The van der Waals surface area contributed by atoms with Crippen LogP contribution >= 0.6 is 0 Å². The molecule has 0 aliphatic carbocycles. The van der Waals surface area contributed by atoms with Crippen molar-refractivity contribution >= 4 is 0 Å². The van der Waals surface area contributed by atoms with E-state index in [1.54, 1.807) is 0 Å². The first-order valence-corrected chi connectivity index (χ1v) is 5.60. The summed E-state index contributed by atoms with van der Waals surface area (Å²) in [5.74, 6) is 2.06. The molecule has 0 atom stereocenters. The van der Waals surface area contributed by atoms with Crippen LogP contribution in [0.2, 0.25) is 0 Å². The number of para-hydroxylation sites is 1. The molecule has 16 heavy (non-hydrogen) atoms. The molecule has 0 fully saturated rings. The second-order valence-corrected chi connectivity index (χ2v) is 4.39. The minimum atomic E-state index is 0.985. The highest BCUT2D eigenvalue weighted by Gasteiger charge is 2.19. The fraction of sp³-hybridized carbons (Fsp3) is 0.200. The maximum absolute atomic E-state index is 5.99. The molecular weight excluding hydrogens is 196 g/mol. The second kappa shape index (κ2) is 3.38. The Labute approximate surface area is 95.7 Å². The van der Waals surface area contributed by atoms with Gasteiger partial charge < -0.3 is 4.74 Å². The van der Waals surface area contributed by atoms with Crippen molar-refractivity contribution in [1.29, 1.82) is 0 Å². The lowest BCUT2D eigenvalue weighted by Gasteiger charge is -2.23. The van der Waals surface area contributed by atoms with E-state index >= 15 is 0 Å². The van der Waals surface area contributed by atoms with Gasteiger partial charge in [-0.1, -0.05) is 30.3 Å². The van der Waals surface area contributed by atoms with Crippen LogP contribution in [0.3, 0.4) is 0 Å². The SMILES string of the molecule is Cc1cccc2c1Cc1cccc(C)c1O2. The molecule has 1 aliphatic heterocycles. The predicted octanol–water partition coefficient (Wildman–Crippen LogP) is 4.00. The summed E-state index contributed by atoms with van der Waals surface area (Å²) in [5.41, 5.74) is 5.14. The summed E-state index contributed by atoms with van der Waals surface area (Å²) < 4.78 is 5.99. The zero-order valence-corrected chi connectivity index (χ0v) is 9.58. The maximum atomic E-state index is 5.99. The fourth-order valence-electron chi connectivity index (χ4n) is 2.30. The molecule has 0 N–H and O–H groups in total. The van der Waals surface area contributed by atoms with E-state index in [0.29, 0.717) is 0 Å². The average Bonchev–Trinajstić information content (AvgIpc) is 2.29. The minimum absolute atomic E-state index is 0.985. The minimum Gasteiger partial charge on any atom is -0.456 e. The van der Waals surface area contributed by atoms with Gasteiger partial charge in [-0.2, -0.15) is 0 Å². The van der Waals surface area contributed by atoms with E-state index in [4.69, 9.17) is 4.74 Å². The monoisotopic (exact) mass is 210 g/mol. The quantitative estimate of drug-likeness (QED) is 0.545. The molecule has 1 nitrogen and oxygen atoms in total. The number of fused-ring (bicyclic) bond motifs is 2. The van der Waals surface area contributed by atoms with Gasteiger partial charge in [0.1, 0.15) is 11.5 Å². The topological polar surface area (TPSA) is 9.23 Å². The first kappa shape index (κ1) is 9.46. The van der Waals surface area contributed by atoms with Gasteiger partial charge in [-0.25, -0.2) is 0 Å². The molecule has 0 aromatic heterocycles. The van der Waals surface area contributed by atoms with Crippen LogP contribution in [0.5, 0.6) is 11.5 Å². The Kier molecular flexibility index (Phi) is 2.00. The third kappa shape index (κ3) is 1.32. The number of hydrogen-bond donors (Lipinski definition) is 0. The molecule has 0 radical (unpaired) electrons. The van der Waals surface area contributed by atoms with Crippen molar-refractivity contribution in [3.63, 3.8) is 0 Å². The van der Waals surface area contributed by atoms with E-state index in [1.165, 1.54) is 22.3 Å². The number of rotatable bonds is 0. The molecule has 2 aromatic carbocycles. The van der Waals surface area contributed by atoms with Crippen molar-refractivity contribution in [2.45, 2.75) is 20.3 Å². The van der Waals surface area contributed by atoms with Crippen molar-refractivity contribution in [3.8, 4) is 11.5 Å². The van der Waals surface area contributed by atoms with E-state index in [-0.39, 0.29) is 0 Å². The van der Waals surface area contributed by atoms with Gasteiger partial charge in [-0.15, -0.1) is 0 Å². The normalized spacial score (nSPS) is 12.6. The molecule has 80 valence electrons. The fourth-order valence-corrected chi connectivity index (χ4v) is 2.30. The van der Waals surface area contributed by atoms with E-state index in [0.717, 1.165) is 17.9 Å². The predicted molar refractivity (Wildman–Crippen MR) is 65.2 cm³/mol. The van der Waals surface area contributed by atoms with E-state index in [9.17, 15) is 0 Å². The number of ether oxygens (including phenoxy) is 1. The van der Waals surface area contributed by atoms with Crippen LogP contribution in [-0.2, 0) is 6.42 Å². The molecule has 0 bridgehead atoms. The van der Waals surface area contributed by atoms with E-state index < -0.39 is 0 Å². The Morgan fingerprint density at radius 3 is 2.56 bits per heavy atom. The van der Waals surface area contributed by atoms with Gasteiger partial charge in [-0.3, -0.25) is 0 Å². The molecule has 1 aliphatic rings. The highest BCUT2D eigenvalue weighted by Crippen LogP contribution is 2.39. The Hall–Kier alpha value is -1.76. The Balaban J connectivity index is 2.17. The van der Waals surface area contributed by atoms with Crippen LogP contribution < -0.4 is 4.74 Å². The molecule has 0 amide bonds. The maximum Gasteiger partial charge on any atom is 0.133 e. The van der Waals surface area contributed by atoms with Crippen molar-refractivity contribution < 1.29 is 4.74 Å². The lowest BCUT2D eigenvalue weighted by atomic mass is 9.95. The molecular formula is C15H14O. The van der Waals surface area contributed by atoms with Gasteiger partial charge in [0, 0.05) is 12.0 Å². The smallest absolute Gasteiger partial charge is 0.133 e. The summed E-state index contributed by atoms with van der Waals surface area (Å²) in [7, 11) is 0. The van der Waals surface area contributed by atoms with E-state index in [2.05, 4.69) is 50.2 Å². The third-order valence-corrected chi connectivity index (χ3v) is 3.24. The summed E-state index contributed by atoms with van der Waals surface area (Å²) in [6.45, 7) is 4.24. The highest BCUT2D eigenvalue weighted by molar-refractivity contribution is 5.54. The molecule has 0 saturated carbocycles. The van der Waals surface area contributed by atoms with Crippen LogP contribution in [0.4, 0.5) is 0 Å². The van der Waals surface area contributed by atoms with Crippen molar-refractivity contribution in [1.82, 2.24) is 0 Å². The molecule has 0 unspecified atom stereocenters. The largest absolute Gasteiger partial charge is 0.456 e. The van der Waals surface area contributed by atoms with Gasteiger partial charge in [0.05, 0.1) is 0 Å².